The average molecular weight is 215 g/mol. The monoisotopic (exact) mass is 215 g/mol. The first-order valence-corrected chi connectivity index (χ1v) is 4.91. The van der Waals surface area contributed by atoms with Crippen LogP contribution < -0.4 is 11.1 Å². The van der Waals surface area contributed by atoms with E-state index in [0.717, 1.165) is 0 Å². The molecule has 0 aliphatic rings. The number of likely N-dealkylation sites (N-methyl/N-ethyl adjacent to an activating group) is 2. The first kappa shape index (κ1) is 13.9. The fourth-order valence-electron chi connectivity index (χ4n) is 0.980. The fourth-order valence-corrected chi connectivity index (χ4v) is 0.980. The first-order chi connectivity index (χ1) is 6.70. The molecule has 0 unspecified atom stereocenters. The van der Waals surface area contributed by atoms with E-state index in [0.29, 0.717) is 0 Å². The molecular formula is C10H21N3O2. The number of nitrogens with zero attached hydrogens (tertiary/aromatic N) is 1. The lowest BCUT2D eigenvalue weighted by Gasteiger charge is -2.29. The van der Waals surface area contributed by atoms with Gasteiger partial charge in [-0.1, -0.05) is 20.8 Å². The summed E-state index contributed by atoms with van der Waals surface area (Å²) in [5, 5.41) is 2.45. The van der Waals surface area contributed by atoms with Crippen molar-refractivity contribution in [1.82, 2.24) is 10.2 Å². The lowest BCUT2D eigenvalue weighted by Crippen LogP contribution is -2.51. The van der Waals surface area contributed by atoms with Crippen molar-refractivity contribution in [2.75, 3.05) is 20.6 Å². The molecule has 0 bridgehead atoms. The lowest BCUT2D eigenvalue weighted by molar-refractivity contribution is -0.137. The summed E-state index contributed by atoms with van der Waals surface area (Å²) in [6.07, 6.45) is 0. The summed E-state index contributed by atoms with van der Waals surface area (Å²) in [4.78, 5) is 24.2. The Balaban J connectivity index is 4.39. The Morgan fingerprint density at radius 1 is 1.40 bits per heavy atom. The van der Waals surface area contributed by atoms with E-state index in [-0.39, 0.29) is 23.8 Å². The van der Waals surface area contributed by atoms with Gasteiger partial charge in [0.25, 0.3) is 0 Å². The molecule has 15 heavy (non-hydrogen) atoms. The molecule has 0 aromatic rings. The second-order valence-corrected chi connectivity index (χ2v) is 4.71. The molecule has 0 radical (unpaired) electrons. The van der Waals surface area contributed by atoms with Crippen molar-refractivity contribution in [3.8, 4) is 0 Å². The molecule has 1 atom stereocenters. The smallest absolute Gasteiger partial charge is 0.240 e. The standard InChI is InChI=1S/C10H21N3O2/c1-10(2,3)8(11)9(15)13(5)6-7(14)12-4/h8H,6,11H2,1-5H3,(H,12,14)/t8-/m1/s1. The highest BCUT2D eigenvalue weighted by atomic mass is 16.2. The minimum Gasteiger partial charge on any atom is -0.358 e. The molecule has 3 N–H and O–H groups in total. The van der Waals surface area contributed by atoms with Gasteiger partial charge in [0.05, 0.1) is 12.6 Å². The van der Waals surface area contributed by atoms with Gasteiger partial charge >= 0.3 is 0 Å². The maximum absolute atomic E-state index is 11.8. The van der Waals surface area contributed by atoms with Crippen molar-refractivity contribution < 1.29 is 9.59 Å². The summed E-state index contributed by atoms with van der Waals surface area (Å²) in [5.41, 5.74) is 5.49. The Kier molecular flexibility index (Phi) is 4.74. The van der Waals surface area contributed by atoms with Gasteiger partial charge in [0.2, 0.25) is 11.8 Å². The van der Waals surface area contributed by atoms with E-state index in [4.69, 9.17) is 5.73 Å². The van der Waals surface area contributed by atoms with Gasteiger partial charge in [0.15, 0.2) is 0 Å². The Morgan fingerprint density at radius 2 is 1.87 bits per heavy atom. The van der Waals surface area contributed by atoms with Crippen molar-refractivity contribution in [3.63, 3.8) is 0 Å². The zero-order valence-electron chi connectivity index (χ0n) is 10.1. The largest absolute Gasteiger partial charge is 0.358 e. The lowest BCUT2D eigenvalue weighted by atomic mass is 9.86. The SMILES string of the molecule is CNC(=O)CN(C)C(=O)[C@@H](N)C(C)(C)C. The van der Waals surface area contributed by atoms with Gasteiger partial charge in [-0.25, -0.2) is 0 Å². The summed E-state index contributed by atoms with van der Waals surface area (Å²) >= 11 is 0. The number of rotatable bonds is 3. The fraction of sp³-hybridized carbons (Fsp3) is 0.800. The normalized spacial score (nSPS) is 13.2. The number of carbonyl (C=O) groups excluding carboxylic acids is 2. The van der Waals surface area contributed by atoms with E-state index in [1.165, 1.54) is 11.9 Å². The van der Waals surface area contributed by atoms with Crippen LogP contribution in [0.15, 0.2) is 0 Å². The molecule has 2 amide bonds. The van der Waals surface area contributed by atoms with Gasteiger partial charge in [-0.3, -0.25) is 9.59 Å². The van der Waals surface area contributed by atoms with Crippen molar-refractivity contribution in [2.24, 2.45) is 11.1 Å². The average Bonchev–Trinajstić information content (AvgIpc) is 2.13. The highest BCUT2D eigenvalue weighted by Gasteiger charge is 2.30. The zero-order valence-corrected chi connectivity index (χ0v) is 10.1. The number of nitrogens with one attached hydrogen (secondary N) is 1. The van der Waals surface area contributed by atoms with E-state index in [1.807, 2.05) is 20.8 Å². The summed E-state index contributed by atoms with van der Waals surface area (Å²) in [6, 6.07) is -0.591. The Bertz CT molecular complexity index is 246. The van der Waals surface area contributed by atoms with Gasteiger partial charge in [0.1, 0.15) is 0 Å². The maximum Gasteiger partial charge on any atom is 0.240 e. The van der Waals surface area contributed by atoms with Crippen molar-refractivity contribution in [3.05, 3.63) is 0 Å². The summed E-state index contributed by atoms with van der Waals surface area (Å²) in [6.45, 7) is 5.72. The van der Waals surface area contributed by atoms with Gasteiger partial charge < -0.3 is 16.0 Å². The molecule has 0 aliphatic carbocycles. The maximum atomic E-state index is 11.8. The highest BCUT2D eigenvalue weighted by molar-refractivity contribution is 5.87. The quantitative estimate of drug-likeness (QED) is 0.670. The first-order valence-electron chi connectivity index (χ1n) is 4.91. The molecule has 0 rings (SSSR count). The second-order valence-electron chi connectivity index (χ2n) is 4.71. The third kappa shape index (κ3) is 4.29. The number of nitrogens with two attached hydrogens (primary N) is 1. The van der Waals surface area contributed by atoms with Crippen LogP contribution >= 0.6 is 0 Å². The van der Waals surface area contributed by atoms with Crippen LogP contribution in [0, 0.1) is 5.41 Å². The number of hydrogen-bond acceptors (Lipinski definition) is 3. The molecular weight excluding hydrogens is 194 g/mol. The zero-order chi connectivity index (χ0) is 12.2. The summed E-state index contributed by atoms with van der Waals surface area (Å²) in [5.74, 6) is -0.418. The van der Waals surface area contributed by atoms with E-state index < -0.39 is 6.04 Å². The molecule has 0 saturated carbocycles. The van der Waals surface area contributed by atoms with Gasteiger partial charge in [-0.15, -0.1) is 0 Å². The van der Waals surface area contributed by atoms with E-state index in [9.17, 15) is 9.59 Å². The Labute approximate surface area is 91.0 Å². The highest BCUT2D eigenvalue weighted by Crippen LogP contribution is 2.18. The van der Waals surface area contributed by atoms with Crippen LogP contribution in [0.1, 0.15) is 20.8 Å². The van der Waals surface area contributed by atoms with Gasteiger partial charge in [-0.05, 0) is 5.41 Å². The molecule has 0 saturated heterocycles. The molecule has 0 aromatic carbocycles. The number of carbonyl (C=O) groups is 2. The minimum atomic E-state index is -0.591. The van der Waals surface area contributed by atoms with E-state index in [2.05, 4.69) is 5.32 Å². The summed E-state index contributed by atoms with van der Waals surface area (Å²) < 4.78 is 0. The molecule has 0 spiro atoms. The molecule has 0 heterocycles. The molecule has 0 aromatic heterocycles. The molecule has 88 valence electrons. The second kappa shape index (κ2) is 5.11. The Hall–Kier alpha value is -1.10. The third-order valence-corrected chi connectivity index (χ3v) is 2.23. The number of amides is 2. The van der Waals surface area contributed by atoms with Crippen LogP contribution in [0.4, 0.5) is 0 Å². The molecule has 5 nitrogen and oxygen atoms in total. The number of hydrogen-bond donors (Lipinski definition) is 2. The van der Waals surface area contributed by atoms with E-state index in [1.54, 1.807) is 7.05 Å². The van der Waals surface area contributed by atoms with Gasteiger partial charge in [0, 0.05) is 14.1 Å². The molecule has 5 heteroatoms. The van der Waals surface area contributed by atoms with E-state index >= 15 is 0 Å². The Morgan fingerprint density at radius 3 is 2.20 bits per heavy atom. The van der Waals surface area contributed by atoms with Crippen LogP contribution in [0.3, 0.4) is 0 Å². The summed E-state index contributed by atoms with van der Waals surface area (Å²) in [7, 11) is 3.10. The topological polar surface area (TPSA) is 75.4 Å². The van der Waals surface area contributed by atoms with Crippen LogP contribution in [0.2, 0.25) is 0 Å². The predicted octanol–water partition coefficient (Wildman–Crippen LogP) is -0.436. The van der Waals surface area contributed by atoms with Crippen LogP contribution in [-0.4, -0.2) is 43.4 Å². The molecule has 0 fully saturated rings. The third-order valence-electron chi connectivity index (χ3n) is 2.23. The minimum absolute atomic E-state index is 0.0408. The molecule has 0 aliphatic heterocycles. The predicted molar refractivity (Wildman–Crippen MR) is 59.1 cm³/mol. The van der Waals surface area contributed by atoms with Crippen molar-refractivity contribution in [2.45, 2.75) is 26.8 Å². The van der Waals surface area contributed by atoms with Crippen molar-refractivity contribution in [1.29, 1.82) is 0 Å². The van der Waals surface area contributed by atoms with Crippen LogP contribution in [0.5, 0.6) is 0 Å². The van der Waals surface area contributed by atoms with Crippen LogP contribution in [-0.2, 0) is 9.59 Å². The van der Waals surface area contributed by atoms with Crippen LogP contribution in [0.25, 0.3) is 0 Å². The van der Waals surface area contributed by atoms with Crippen molar-refractivity contribution >= 4 is 11.8 Å². The van der Waals surface area contributed by atoms with Gasteiger partial charge in [-0.2, -0.15) is 0 Å².